The van der Waals surface area contributed by atoms with Crippen LogP contribution >= 0.6 is 0 Å². The van der Waals surface area contributed by atoms with Gasteiger partial charge in [-0.3, -0.25) is 9.97 Å². The van der Waals surface area contributed by atoms with Gasteiger partial charge < -0.3 is 9.79 Å². The molecule has 0 saturated heterocycles. The lowest BCUT2D eigenvalue weighted by Crippen LogP contribution is -2.23. The molecule has 0 bridgehead atoms. The first-order valence-corrected chi connectivity index (χ1v) is 11.3. The molecule has 0 amide bonds. The summed E-state index contributed by atoms with van der Waals surface area (Å²) < 4.78 is 28.0. The van der Waals surface area contributed by atoms with Crippen LogP contribution in [-0.4, -0.2) is 44.3 Å². The number of rotatable bonds is 7. The summed E-state index contributed by atoms with van der Waals surface area (Å²) in [6, 6.07) is 17.4. The van der Waals surface area contributed by atoms with Gasteiger partial charge in [0.25, 0.3) is 0 Å². The van der Waals surface area contributed by atoms with Gasteiger partial charge in [-0.2, -0.15) is 0 Å². The quantitative estimate of drug-likeness (QED) is 0.362. The van der Waals surface area contributed by atoms with Crippen molar-refractivity contribution in [3.05, 3.63) is 95.6 Å². The first kappa shape index (κ1) is 22.8. The second kappa shape index (κ2) is 9.72. The van der Waals surface area contributed by atoms with Gasteiger partial charge in [0.15, 0.2) is 7.98 Å². The summed E-state index contributed by atoms with van der Waals surface area (Å²) in [7, 11) is 1.89. The number of pyridine rings is 3. The van der Waals surface area contributed by atoms with Crippen LogP contribution in [0.2, 0.25) is 0 Å². The minimum absolute atomic E-state index is 0.0955. The van der Waals surface area contributed by atoms with Crippen molar-refractivity contribution in [1.29, 1.82) is 0 Å². The van der Waals surface area contributed by atoms with Gasteiger partial charge in [-0.25, -0.2) is 18.7 Å². The smallest absolute Gasteiger partial charge is 0.186 e. The first-order chi connectivity index (χ1) is 17.0. The fraction of sp³-hybridized carbons (Fsp3) is 0.154. The average Bonchev–Trinajstić information content (AvgIpc) is 3.27. The van der Waals surface area contributed by atoms with Crippen LogP contribution in [0.1, 0.15) is 17.1 Å². The second-order valence-corrected chi connectivity index (χ2v) is 8.50. The predicted molar refractivity (Wildman–Crippen MR) is 134 cm³/mol. The number of halogens is 2. The van der Waals surface area contributed by atoms with E-state index in [1.165, 1.54) is 18.2 Å². The van der Waals surface area contributed by atoms with Gasteiger partial charge >= 0.3 is 0 Å². The number of aromatic amines is 1. The molecule has 5 aromatic rings. The van der Waals surface area contributed by atoms with Gasteiger partial charge in [-0.1, -0.05) is 12.1 Å². The Morgan fingerprint density at radius 3 is 2.46 bits per heavy atom. The maximum Gasteiger partial charge on any atom is 0.186 e. The number of H-pyrrole nitrogens is 1. The van der Waals surface area contributed by atoms with Crippen molar-refractivity contribution in [3.8, 4) is 22.8 Å². The van der Waals surface area contributed by atoms with Crippen molar-refractivity contribution >= 4 is 19.0 Å². The molecule has 0 radical (unpaired) electrons. The molecule has 0 aliphatic rings. The minimum Gasteiger partial charge on any atom is -0.342 e. The van der Waals surface area contributed by atoms with E-state index in [9.17, 15) is 8.78 Å². The number of hydrogen-bond acceptors (Lipinski definition) is 5. The summed E-state index contributed by atoms with van der Waals surface area (Å²) in [6.07, 6.45) is 2.00. The van der Waals surface area contributed by atoms with E-state index >= 15 is 0 Å². The van der Waals surface area contributed by atoms with Crippen LogP contribution in [0.15, 0.2) is 66.9 Å². The van der Waals surface area contributed by atoms with Gasteiger partial charge in [0.05, 0.1) is 28.1 Å². The standard InChI is InChI=1S/C26H23BF2N6/c1-16-5-2-8-22(31-16)25-26(23-11-10-20-21(32-23)9-4-13-30-20)34-24(33-25)15-35(27)14-12-17-18(28)6-3-7-19(17)29/h2-11,13H,12,14-15,27H2,1H3,(H,33,34). The molecule has 0 aliphatic carbocycles. The number of nitrogens with zero attached hydrogens (tertiary/aromatic N) is 5. The highest BCUT2D eigenvalue weighted by molar-refractivity contribution is 6.04. The Balaban J connectivity index is 1.45. The van der Waals surface area contributed by atoms with Crippen LogP contribution in [0.3, 0.4) is 0 Å². The molecule has 174 valence electrons. The Morgan fingerprint density at radius 2 is 1.66 bits per heavy atom. The van der Waals surface area contributed by atoms with Crippen LogP contribution in [0.4, 0.5) is 8.78 Å². The van der Waals surface area contributed by atoms with E-state index in [1.807, 2.05) is 62.2 Å². The topological polar surface area (TPSA) is 70.6 Å². The van der Waals surface area contributed by atoms with Gasteiger partial charge in [-0.05, 0) is 68.4 Å². The van der Waals surface area contributed by atoms with Gasteiger partial charge in [0.1, 0.15) is 23.2 Å². The fourth-order valence-corrected chi connectivity index (χ4v) is 4.05. The van der Waals surface area contributed by atoms with Crippen LogP contribution in [0.5, 0.6) is 0 Å². The molecule has 0 fully saturated rings. The molecule has 0 atom stereocenters. The zero-order valence-corrected chi connectivity index (χ0v) is 19.5. The predicted octanol–water partition coefficient (Wildman–Crippen LogP) is 4.26. The minimum atomic E-state index is -0.525. The van der Waals surface area contributed by atoms with E-state index in [0.29, 0.717) is 24.6 Å². The lowest BCUT2D eigenvalue weighted by atomic mass is 10.1. The summed E-state index contributed by atoms with van der Waals surface area (Å²) in [5.74, 6) is -0.338. The highest BCUT2D eigenvalue weighted by atomic mass is 19.1. The summed E-state index contributed by atoms with van der Waals surface area (Å²) in [6.45, 7) is 2.86. The number of nitrogens with one attached hydrogen (secondary N) is 1. The molecule has 1 N–H and O–H groups in total. The van der Waals surface area contributed by atoms with E-state index in [0.717, 1.165) is 33.8 Å². The highest BCUT2D eigenvalue weighted by Crippen LogP contribution is 2.29. The van der Waals surface area contributed by atoms with Crippen molar-refractivity contribution in [2.24, 2.45) is 0 Å². The molecule has 0 aliphatic heterocycles. The second-order valence-electron chi connectivity index (χ2n) is 8.50. The number of hydrogen-bond donors (Lipinski definition) is 1. The lowest BCUT2D eigenvalue weighted by molar-refractivity contribution is 0.431. The third kappa shape index (κ3) is 4.95. The highest BCUT2D eigenvalue weighted by Gasteiger charge is 2.18. The largest absolute Gasteiger partial charge is 0.342 e. The van der Waals surface area contributed by atoms with Crippen molar-refractivity contribution in [2.75, 3.05) is 6.54 Å². The van der Waals surface area contributed by atoms with Gasteiger partial charge in [0, 0.05) is 24.0 Å². The molecular weight excluding hydrogens is 445 g/mol. The molecule has 0 unspecified atom stereocenters. The Kier molecular flexibility index (Phi) is 6.33. The van der Waals surface area contributed by atoms with Crippen molar-refractivity contribution in [2.45, 2.75) is 19.9 Å². The Hall–Kier alpha value is -3.98. The summed E-state index contributed by atoms with van der Waals surface area (Å²) in [4.78, 5) is 24.0. The van der Waals surface area contributed by atoms with E-state index in [1.54, 1.807) is 6.20 Å². The Labute approximate surface area is 202 Å². The van der Waals surface area contributed by atoms with E-state index in [2.05, 4.69) is 15.0 Å². The van der Waals surface area contributed by atoms with E-state index in [4.69, 9.17) is 9.97 Å². The normalized spacial score (nSPS) is 11.4. The van der Waals surface area contributed by atoms with Crippen LogP contribution in [-0.2, 0) is 13.0 Å². The number of aryl methyl sites for hydroxylation is 1. The molecule has 35 heavy (non-hydrogen) atoms. The maximum atomic E-state index is 14.0. The number of benzene rings is 1. The van der Waals surface area contributed by atoms with Crippen molar-refractivity contribution in [3.63, 3.8) is 0 Å². The lowest BCUT2D eigenvalue weighted by Gasteiger charge is -2.16. The SMILES string of the molecule is BN(CCc1c(F)cccc1F)Cc1nc(-c2cccc(C)n2)c(-c2ccc3ncccc3n2)[nH]1. The molecule has 1 aromatic carbocycles. The fourth-order valence-electron chi connectivity index (χ4n) is 4.05. The van der Waals surface area contributed by atoms with Crippen molar-refractivity contribution < 1.29 is 8.78 Å². The van der Waals surface area contributed by atoms with Crippen LogP contribution < -0.4 is 0 Å². The first-order valence-electron chi connectivity index (χ1n) is 11.3. The molecule has 5 rings (SSSR count). The van der Waals surface area contributed by atoms with Gasteiger partial charge in [-0.15, -0.1) is 0 Å². The molecule has 0 saturated carbocycles. The third-order valence-corrected chi connectivity index (χ3v) is 5.82. The average molecular weight is 468 g/mol. The number of imidazole rings is 1. The zero-order chi connectivity index (χ0) is 24.4. The summed E-state index contributed by atoms with van der Waals surface area (Å²) in [5, 5.41) is 0. The van der Waals surface area contributed by atoms with Crippen LogP contribution in [0, 0.1) is 18.6 Å². The molecule has 4 aromatic heterocycles. The third-order valence-electron chi connectivity index (χ3n) is 5.82. The summed E-state index contributed by atoms with van der Waals surface area (Å²) in [5.41, 5.74) is 5.52. The zero-order valence-electron chi connectivity index (χ0n) is 19.5. The van der Waals surface area contributed by atoms with E-state index in [-0.39, 0.29) is 12.0 Å². The Morgan fingerprint density at radius 1 is 0.857 bits per heavy atom. The summed E-state index contributed by atoms with van der Waals surface area (Å²) >= 11 is 0. The van der Waals surface area contributed by atoms with Crippen LogP contribution in [0.25, 0.3) is 33.8 Å². The van der Waals surface area contributed by atoms with Crippen molar-refractivity contribution in [1.82, 2.24) is 29.7 Å². The monoisotopic (exact) mass is 468 g/mol. The van der Waals surface area contributed by atoms with E-state index < -0.39 is 11.6 Å². The molecule has 6 nitrogen and oxygen atoms in total. The number of aromatic nitrogens is 5. The molecule has 0 spiro atoms. The maximum absolute atomic E-state index is 14.0. The number of fused-ring (bicyclic) bond motifs is 1. The molecular formula is C26H23BF2N6. The van der Waals surface area contributed by atoms with Gasteiger partial charge in [0.2, 0.25) is 0 Å². The molecule has 4 heterocycles. The Bertz CT molecular complexity index is 1480. The molecule has 9 heteroatoms.